The maximum absolute atomic E-state index is 11.6. The Morgan fingerprint density at radius 2 is 1.90 bits per heavy atom. The molecule has 0 bridgehead atoms. The van der Waals surface area contributed by atoms with Crippen LogP contribution in [-0.2, 0) is 0 Å². The monoisotopic (exact) mass is 277 g/mol. The van der Waals surface area contributed by atoms with Crippen molar-refractivity contribution in [3.63, 3.8) is 0 Å². The maximum atomic E-state index is 11.6. The molecule has 1 unspecified atom stereocenters. The molecule has 1 atom stereocenters. The number of aromatic amines is 1. The van der Waals surface area contributed by atoms with E-state index in [1.165, 1.54) is 5.56 Å². The number of nitrogens with one attached hydrogen (secondary N) is 1. The van der Waals surface area contributed by atoms with Crippen LogP contribution >= 0.6 is 0 Å². The number of carbonyl (C=O) groups is 1. The van der Waals surface area contributed by atoms with E-state index in [9.17, 15) is 4.79 Å². The number of H-pyrrole nitrogens is 1. The molecule has 0 aliphatic carbocycles. The zero-order valence-electron chi connectivity index (χ0n) is 12.4. The molecule has 106 valence electrons. The summed E-state index contributed by atoms with van der Waals surface area (Å²) in [5.41, 5.74) is 5.00. The average molecular weight is 277 g/mol. The number of rotatable bonds is 4. The first kappa shape index (κ1) is 13.6. The van der Waals surface area contributed by atoms with Crippen molar-refractivity contribution >= 4 is 17.2 Å². The highest BCUT2D eigenvalue weighted by atomic mass is 16.1. The summed E-state index contributed by atoms with van der Waals surface area (Å²) in [5, 5.41) is 1.02. The minimum absolute atomic E-state index is 0.504. The van der Waals surface area contributed by atoms with Crippen molar-refractivity contribution in [3.05, 3.63) is 59.7 Å². The van der Waals surface area contributed by atoms with Gasteiger partial charge in [-0.05, 0) is 35.6 Å². The molecule has 3 aromatic rings. The molecule has 2 nitrogen and oxygen atoms in total. The molecule has 0 spiro atoms. The van der Waals surface area contributed by atoms with Crippen molar-refractivity contribution in [2.75, 3.05) is 0 Å². The molecular formula is C19H19NO. The number of hydrogen-bond donors (Lipinski definition) is 1. The van der Waals surface area contributed by atoms with E-state index in [1.807, 2.05) is 30.3 Å². The first-order chi connectivity index (χ1) is 10.2. The van der Waals surface area contributed by atoms with Gasteiger partial charge in [0.25, 0.3) is 0 Å². The van der Waals surface area contributed by atoms with Crippen molar-refractivity contribution in [1.82, 2.24) is 4.98 Å². The molecule has 2 aromatic carbocycles. The normalized spacial score (nSPS) is 12.5. The molecule has 0 radical (unpaired) electrons. The summed E-state index contributed by atoms with van der Waals surface area (Å²) in [6, 6.07) is 16.4. The Labute approximate surface area is 124 Å². The molecule has 0 amide bonds. The summed E-state index contributed by atoms with van der Waals surface area (Å²) < 4.78 is 0. The van der Waals surface area contributed by atoms with Crippen molar-refractivity contribution in [2.24, 2.45) is 0 Å². The first-order valence-electron chi connectivity index (χ1n) is 7.40. The lowest BCUT2D eigenvalue weighted by atomic mass is 9.96. The zero-order chi connectivity index (χ0) is 14.8. The third-order valence-corrected chi connectivity index (χ3v) is 4.22. The van der Waals surface area contributed by atoms with E-state index in [4.69, 9.17) is 0 Å². The molecule has 21 heavy (non-hydrogen) atoms. The molecule has 2 heteroatoms. The molecule has 0 aliphatic heterocycles. The molecule has 0 fully saturated rings. The average Bonchev–Trinajstić information content (AvgIpc) is 2.92. The molecule has 0 aliphatic rings. The number of fused-ring (bicyclic) bond motifs is 1. The number of benzene rings is 2. The number of hydrogen-bond acceptors (Lipinski definition) is 1. The van der Waals surface area contributed by atoms with E-state index in [-0.39, 0.29) is 0 Å². The van der Waals surface area contributed by atoms with Crippen LogP contribution < -0.4 is 0 Å². The summed E-state index contributed by atoms with van der Waals surface area (Å²) in [7, 11) is 0. The van der Waals surface area contributed by atoms with E-state index in [2.05, 4.69) is 37.0 Å². The van der Waals surface area contributed by atoms with Crippen LogP contribution in [0.1, 0.15) is 42.1 Å². The van der Waals surface area contributed by atoms with Crippen molar-refractivity contribution in [2.45, 2.75) is 26.2 Å². The standard InChI is InChI=1S/C19H19NO/c1-3-13(2)15-9-10-18-16(11-15)17(12-21)19(20-18)14-7-5-4-6-8-14/h4-13,20H,3H2,1-2H3. The highest BCUT2D eigenvalue weighted by Crippen LogP contribution is 2.31. The van der Waals surface area contributed by atoms with Crippen LogP contribution in [0.15, 0.2) is 48.5 Å². The molecule has 0 saturated heterocycles. The van der Waals surface area contributed by atoms with Gasteiger partial charge in [0, 0.05) is 16.5 Å². The Kier molecular flexibility index (Phi) is 3.61. The van der Waals surface area contributed by atoms with E-state index in [0.29, 0.717) is 5.92 Å². The summed E-state index contributed by atoms with van der Waals surface area (Å²) in [6.45, 7) is 4.40. The van der Waals surface area contributed by atoms with Gasteiger partial charge in [-0.2, -0.15) is 0 Å². The molecule has 1 N–H and O–H groups in total. The van der Waals surface area contributed by atoms with Crippen LogP contribution in [0.2, 0.25) is 0 Å². The number of aromatic nitrogens is 1. The summed E-state index contributed by atoms with van der Waals surface area (Å²) >= 11 is 0. The van der Waals surface area contributed by atoms with E-state index >= 15 is 0 Å². The van der Waals surface area contributed by atoms with E-state index < -0.39 is 0 Å². The lowest BCUT2D eigenvalue weighted by molar-refractivity contribution is 0.112. The van der Waals surface area contributed by atoms with E-state index in [0.717, 1.165) is 40.4 Å². The second-order valence-electron chi connectivity index (χ2n) is 5.51. The van der Waals surface area contributed by atoms with Crippen LogP contribution in [0, 0.1) is 0 Å². The van der Waals surface area contributed by atoms with E-state index in [1.54, 1.807) is 0 Å². The molecular weight excluding hydrogens is 258 g/mol. The molecule has 0 saturated carbocycles. The Morgan fingerprint density at radius 1 is 1.14 bits per heavy atom. The van der Waals surface area contributed by atoms with Gasteiger partial charge in [0.05, 0.1) is 5.69 Å². The second-order valence-corrected chi connectivity index (χ2v) is 5.51. The lowest BCUT2D eigenvalue weighted by Gasteiger charge is -2.08. The van der Waals surface area contributed by atoms with Crippen LogP contribution in [0.4, 0.5) is 0 Å². The van der Waals surface area contributed by atoms with Gasteiger partial charge >= 0.3 is 0 Å². The minimum Gasteiger partial charge on any atom is -0.354 e. The lowest BCUT2D eigenvalue weighted by Crippen LogP contribution is -1.91. The highest BCUT2D eigenvalue weighted by molar-refractivity contribution is 6.04. The highest BCUT2D eigenvalue weighted by Gasteiger charge is 2.14. The minimum atomic E-state index is 0.504. The fraction of sp³-hybridized carbons (Fsp3) is 0.211. The summed E-state index contributed by atoms with van der Waals surface area (Å²) in [4.78, 5) is 15.0. The molecule has 1 aromatic heterocycles. The van der Waals surface area contributed by atoms with Crippen LogP contribution in [0.3, 0.4) is 0 Å². The topological polar surface area (TPSA) is 32.9 Å². The predicted molar refractivity (Wildman–Crippen MR) is 87.8 cm³/mol. The van der Waals surface area contributed by atoms with Crippen molar-refractivity contribution in [1.29, 1.82) is 0 Å². The zero-order valence-corrected chi connectivity index (χ0v) is 12.4. The van der Waals surface area contributed by atoms with Crippen molar-refractivity contribution in [3.8, 4) is 11.3 Å². The fourth-order valence-corrected chi connectivity index (χ4v) is 2.73. The Hall–Kier alpha value is -2.35. The van der Waals surface area contributed by atoms with Crippen LogP contribution in [0.25, 0.3) is 22.2 Å². The smallest absolute Gasteiger partial charge is 0.152 e. The summed E-state index contributed by atoms with van der Waals surface area (Å²) in [6.07, 6.45) is 2.06. The number of carbonyl (C=O) groups excluding carboxylic acids is 1. The van der Waals surface area contributed by atoms with Crippen LogP contribution in [0.5, 0.6) is 0 Å². The predicted octanol–water partition coefficient (Wildman–Crippen LogP) is 5.16. The SMILES string of the molecule is CCC(C)c1ccc2[nH]c(-c3ccccc3)c(C=O)c2c1. The molecule has 1 heterocycles. The summed E-state index contributed by atoms with van der Waals surface area (Å²) in [5.74, 6) is 0.504. The Balaban J connectivity index is 2.22. The number of aldehydes is 1. The van der Waals surface area contributed by atoms with Gasteiger partial charge in [0.15, 0.2) is 6.29 Å². The third-order valence-electron chi connectivity index (χ3n) is 4.22. The van der Waals surface area contributed by atoms with Gasteiger partial charge in [-0.3, -0.25) is 4.79 Å². The largest absolute Gasteiger partial charge is 0.354 e. The van der Waals surface area contributed by atoms with Crippen LogP contribution in [-0.4, -0.2) is 11.3 Å². The van der Waals surface area contributed by atoms with Crippen molar-refractivity contribution < 1.29 is 4.79 Å². The maximum Gasteiger partial charge on any atom is 0.152 e. The first-order valence-corrected chi connectivity index (χ1v) is 7.40. The van der Waals surface area contributed by atoms with Gasteiger partial charge in [-0.25, -0.2) is 0 Å². The van der Waals surface area contributed by atoms with Gasteiger partial charge in [0.1, 0.15) is 0 Å². The fourth-order valence-electron chi connectivity index (χ4n) is 2.73. The van der Waals surface area contributed by atoms with Gasteiger partial charge < -0.3 is 4.98 Å². The Bertz CT molecular complexity index is 771. The van der Waals surface area contributed by atoms with Gasteiger partial charge in [-0.15, -0.1) is 0 Å². The Morgan fingerprint density at radius 3 is 2.57 bits per heavy atom. The second kappa shape index (κ2) is 5.57. The van der Waals surface area contributed by atoms with Gasteiger partial charge in [0.2, 0.25) is 0 Å². The third kappa shape index (κ3) is 2.38. The quantitative estimate of drug-likeness (QED) is 0.656. The molecule has 3 rings (SSSR count). The van der Waals surface area contributed by atoms with Gasteiger partial charge in [-0.1, -0.05) is 50.2 Å².